The maximum absolute atomic E-state index is 13.1. The number of amides is 1. The zero-order valence-corrected chi connectivity index (χ0v) is 15.2. The van der Waals surface area contributed by atoms with E-state index in [1.807, 2.05) is 25.1 Å². The molecule has 25 heavy (non-hydrogen) atoms. The molecule has 0 N–H and O–H groups in total. The largest absolute Gasteiger partial charge is 0.338 e. The summed E-state index contributed by atoms with van der Waals surface area (Å²) in [5.41, 5.74) is 2.30. The monoisotopic (exact) mass is 362 g/mol. The van der Waals surface area contributed by atoms with E-state index in [1.165, 1.54) is 6.26 Å². The van der Waals surface area contributed by atoms with Crippen molar-refractivity contribution >= 4 is 15.7 Å². The Morgan fingerprint density at radius 2 is 2.00 bits per heavy atom. The van der Waals surface area contributed by atoms with E-state index in [2.05, 4.69) is 10.2 Å². The zero-order valence-electron chi connectivity index (χ0n) is 14.4. The van der Waals surface area contributed by atoms with Gasteiger partial charge in [-0.05, 0) is 37.8 Å². The molecular formula is C17H22N4O3S. The van der Waals surface area contributed by atoms with Gasteiger partial charge in [-0.2, -0.15) is 0 Å². The lowest BCUT2D eigenvalue weighted by Crippen LogP contribution is -2.42. The highest BCUT2D eigenvalue weighted by Crippen LogP contribution is 2.23. The molecule has 2 aromatic rings. The van der Waals surface area contributed by atoms with Crippen LogP contribution >= 0.6 is 0 Å². The smallest absolute Gasteiger partial charge is 0.256 e. The first-order valence-corrected chi connectivity index (χ1v) is 10.3. The molecular weight excluding hydrogens is 340 g/mol. The average Bonchev–Trinajstić information content (AvgIpc) is 3.07. The summed E-state index contributed by atoms with van der Waals surface area (Å²) in [7, 11) is -3.05. The summed E-state index contributed by atoms with van der Waals surface area (Å²) in [5.74, 6) is 0.0459. The fourth-order valence-electron chi connectivity index (χ4n) is 3.36. The van der Waals surface area contributed by atoms with Crippen LogP contribution in [0.15, 0.2) is 30.9 Å². The van der Waals surface area contributed by atoms with Crippen molar-refractivity contribution in [1.29, 1.82) is 0 Å². The Kier molecular flexibility index (Phi) is 4.89. The van der Waals surface area contributed by atoms with Crippen LogP contribution in [0.5, 0.6) is 0 Å². The van der Waals surface area contributed by atoms with Crippen molar-refractivity contribution in [3.63, 3.8) is 0 Å². The quantitative estimate of drug-likeness (QED) is 0.822. The number of carbonyl (C=O) groups is 1. The SMILES string of the molecule is Cc1ccc(-n2cnnc2)c(C(=O)N2CCCC(CS(C)(=O)=O)C2)c1. The van der Waals surface area contributed by atoms with Crippen LogP contribution in [-0.4, -0.2) is 59.1 Å². The van der Waals surface area contributed by atoms with Gasteiger partial charge in [-0.15, -0.1) is 10.2 Å². The molecule has 0 spiro atoms. The number of nitrogens with zero attached hydrogens (tertiary/aromatic N) is 4. The summed E-state index contributed by atoms with van der Waals surface area (Å²) in [6, 6.07) is 5.68. The van der Waals surface area contributed by atoms with E-state index in [1.54, 1.807) is 22.1 Å². The molecule has 2 heterocycles. The molecule has 1 aliphatic heterocycles. The van der Waals surface area contributed by atoms with Gasteiger partial charge in [0.05, 0.1) is 17.0 Å². The van der Waals surface area contributed by atoms with Crippen LogP contribution in [0.2, 0.25) is 0 Å². The molecule has 0 aliphatic carbocycles. The highest BCUT2D eigenvalue weighted by molar-refractivity contribution is 7.90. The number of carbonyl (C=O) groups excluding carboxylic acids is 1. The predicted octanol–water partition coefficient (Wildman–Crippen LogP) is 1.47. The van der Waals surface area contributed by atoms with E-state index < -0.39 is 9.84 Å². The number of rotatable bonds is 4. The van der Waals surface area contributed by atoms with Crippen molar-refractivity contribution in [1.82, 2.24) is 19.7 Å². The van der Waals surface area contributed by atoms with Crippen molar-refractivity contribution in [3.05, 3.63) is 42.0 Å². The summed E-state index contributed by atoms with van der Waals surface area (Å²) in [6.45, 7) is 3.06. The number of aromatic nitrogens is 3. The lowest BCUT2D eigenvalue weighted by atomic mass is 9.98. The molecule has 8 heteroatoms. The number of aryl methyl sites for hydroxylation is 1. The highest BCUT2D eigenvalue weighted by atomic mass is 32.2. The molecule has 0 radical (unpaired) electrons. The molecule has 7 nitrogen and oxygen atoms in total. The second-order valence-electron chi connectivity index (χ2n) is 6.74. The predicted molar refractivity (Wildman–Crippen MR) is 94.4 cm³/mol. The van der Waals surface area contributed by atoms with Gasteiger partial charge in [0.2, 0.25) is 0 Å². The Bertz CT molecular complexity index is 862. The maximum atomic E-state index is 13.1. The van der Waals surface area contributed by atoms with Crippen LogP contribution in [0.25, 0.3) is 5.69 Å². The second-order valence-corrected chi connectivity index (χ2v) is 8.93. The Balaban J connectivity index is 1.87. The number of piperidine rings is 1. The number of hydrogen-bond acceptors (Lipinski definition) is 5. The van der Waals surface area contributed by atoms with Crippen molar-refractivity contribution in [2.75, 3.05) is 25.1 Å². The van der Waals surface area contributed by atoms with Gasteiger partial charge >= 0.3 is 0 Å². The zero-order chi connectivity index (χ0) is 18.0. The molecule has 134 valence electrons. The molecule has 1 aromatic carbocycles. The van der Waals surface area contributed by atoms with E-state index in [9.17, 15) is 13.2 Å². The standard InChI is InChI=1S/C17H22N4O3S/c1-13-5-6-16(21-11-18-19-12-21)15(8-13)17(22)20-7-3-4-14(9-20)10-25(2,23)24/h5-6,8,11-12,14H,3-4,7,9-10H2,1-2H3. The minimum atomic E-state index is -3.05. The lowest BCUT2D eigenvalue weighted by Gasteiger charge is -2.33. The van der Waals surface area contributed by atoms with Crippen molar-refractivity contribution in [3.8, 4) is 5.69 Å². The molecule has 1 aliphatic rings. The number of hydrogen-bond donors (Lipinski definition) is 0. The van der Waals surface area contributed by atoms with E-state index >= 15 is 0 Å². The summed E-state index contributed by atoms with van der Waals surface area (Å²) < 4.78 is 24.9. The summed E-state index contributed by atoms with van der Waals surface area (Å²) in [5, 5.41) is 7.62. The molecule has 1 aromatic heterocycles. The normalized spacial score (nSPS) is 18.3. The first kappa shape index (κ1) is 17.6. The first-order chi connectivity index (χ1) is 11.8. The van der Waals surface area contributed by atoms with Gasteiger partial charge in [0.15, 0.2) is 0 Å². The van der Waals surface area contributed by atoms with Crippen LogP contribution in [0.1, 0.15) is 28.8 Å². The number of likely N-dealkylation sites (tertiary alicyclic amines) is 1. The van der Waals surface area contributed by atoms with Gasteiger partial charge < -0.3 is 4.90 Å². The van der Waals surface area contributed by atoms with Gasteiger partial charge in [0, 0.05) is 19.3 Å². The maximum Gasteiger partial charge on any atom is 0.256 e. The van der Waals surface area contributed by atoms with Gasteiger partial charge in [-0.3, -0.25) is 9.36 Å². The molecule has 0 saturated carbocycles. The minimum absolute atomic E-state index is 0.00382. The highest BCUT2D eigenvalue weighted by Gasteiger charge is 2.28. The molecule has 1 fully saturated rings. The molecule has 1 atom stereocenters. The van der Waals surface area contributed by atoms with Crippen LogP contribution in [0.4, 0.5) is 0 Å². The van der Waals surface area contributed by atoms with Crippen LogP contribution in [0, 0.1) is 12.8 Å². The fourth-order valence-corrected chi connectivity index (χ4v) is 4.48. The number of sulfone groups is 1. The van der Waals surface area contributed by atoms with Crippen LogP contribution in [0.3, 0.4) is 0 Å². The van der Waals surface area contributed by atoms with E-state index in [-0.39, 0.29) is 17.6 Å². The Hall–Kier alpha value is -2.22. The van der Waals surface area contributed by atoms with Crippen LogP contribution < -0.4 is 0 Å². The fraction of sp³-hybridized carbons (Fsp3) is 0.471. The molecule has 1 unspecified atom stereocenters. The van der Waals surface area contributed by atoms with Crippen molar-refractivity contribution in [2.24, 2.45) is 5.92 Å². The van der Waals surface area contributed by atoms with Gasteiger partial charge in [-0.25, -0.2) is 8.42 Å². The summed E-state index contributed by atoms with van der Waals surface area (Å²) in [4.78, 5) is 14.9. The Morgan fingerprint density at radius 1 is 1.28 bits per heavy atom. The van der Waals surface area contributed by atoms with Gasteiger partial charge in [-0.1, -0.05) is 11.6 Å². The number of benzene rings is 1. The van der Waals surface area contributed by atoms with E-state index in [0.29, 0.717) is 18.7 Å². The van der Waals surface area contributed by atoms with Crippen LogP contribution in [-0.2, 0) is 9.84 Å². The minimum Gasteiger partial charge on any atom is -0.338 e. The topological polar surface area (TPSA) is 85.2 Å². The van der Waals surface area contributed by atoms with Gasteiger partial charge in [0.1, 0.15) is 22.5 Å². The Morgan fingerprint density at radius 3 is 2.68 bits per heavy atom. The molecule has 1 amide bonds. The average molecular weight is 362 g/mol. The van der Waals surface area contributed by atoms with E-state index in [4.69, 9.17) is 0 Å². The molecule has 0 bridgehead atoms. The first-order valence-electron chi connectivity index (χ1n) is 8.26. The third-order valence-electron chi connectivity index (χ3n) is 4.42. The van der Waals surface area contributed by atoms with Gasteiger partial charge in [0.25, 0.3) is 5.91 Å². The van der Waals surface area contributed by atoms with Crippen molar-refractivity contribution < 1.29 is 13.2 Å². The third kappa shape index (κ3) is 4.25. The Labute approximate surface area is 147 Å². The molecule has 1 saturated heterocycles. The summed E-state index contributed by atoms with van der Waals surface area (Å²) >= 11 is 0. The summed E-state index contributed by atoms with van der Waals surface area (Å²) in [6.07, 6.45) is 6.02. The molecule has 3 rings (SSSR count). The third-order valence-corrected chi connectivity index (χ3v) is 5.50. The second kappa shape index (κ2) is 6.95. The lowest BCUT2D eigenvalue weighted by molar-refractivity contribution is 0.0684. The van der Waals surface area contributed by atoms with E-state index in [0.717, 1.165) is 24.1 Å². The van der Waals surface area contributed by atoms with Crippen molar-refractivity contribution in [2.45, 2.75) is 19.8 Å².